The number of nitriles is 1. The molecule has 0 radical (unpaired) electrons. The molecule has 0 fully saturated rings. The van der Waals surface area contributed by atoms with Crippen molar-refractivity contribution in [3.05, 3.63) is 91.0 Å². The molecule has 0 bridgehead atoms. The molecule has 3 rings (SSSR count). The van der Waals surface area contributed by atoms with E-state index in [0.717, 1.165) is 15.9 Å². The number of nitrogens with zero attached hydrogens (tertiary/aromatic N) is 1. The molecule has 0 unspecified atom stereocenters. The lowest BCUT2D eigenvalue weighted by atomic mass is 10.3. The highest BCUT2D eigenvalue weighted by molar-refractivity contribution is 7.96. The molecule has 0 atom stereocenters. The Morgan fingerprint density at radius 3 is 1.38 bits per heavy atom. The number of rotatable bonds is 5. The van der Waals surface area contributed by atoms with E-state index in [2.05, 4.69) is 6.07 Å². The van der Waals surface area contributed by atoms with Crippen molar-refractivity contribution in [2.24, 2.45) is 0 Å². The molecular weight excluding hydrogens is 341 g/mol. The Morgan fingerprint density at radius 1 is 0.769 bits per heavy atom. The van der Waals surface area contributed by atoms with Crippen LogP contribution in [0.4, 0.5) is 0 Å². The summed E-state index contributed by atoms with van der Waals surface area (Å²) in [5.41, 5.74) is 0. The molecule has 0 aliphatic rings. The average molecular weight is 359 g/mol. The standard InChI is InChI=1S/C22H18NO2P/c23-17-16-21(22(24)25)26(18-10-4-1-5-11-18,19-12-6-2-7-13-19)20-14-8-3-9-15-20/h1-15H,16H2,(H,24,25). The van der Waals surface area contributed by atoms with Gasteiger partial charge in [0.1, 0.15) is 0 Å². The fourth-order valence-electron chi connectivity index (χ4n) is 3.28. The van der Waals surface area contributed by atoms with Crippen molar-refractivity contribution in [1.82, 2.24) is 0 Å². The van der Waals surface area contributed by atoms with Gasteiger partial charge >= 0.3 is 5.97 Å². The number of hydrogen-bond donors (Lipinski definition) is 1. The number of benzene rings is 3. The number of hydrogen-bond acceptors (Lipinski definition) is 2. The first-order valence-corrected chi connectivity index (χ1v) is 10.0. The predicted molar refractivity (Wildman–Crippen MR) is 108 cm³/mol. The topological polar surface area (TPSA) is 61.1 Å². The summed E-state index contributed by atoms with van der Waals surface area (Å²) in [5, 5.41) is 22.5. The third-order valence-corrected chi connectivity index (χ3v) is 8.71. The second kappa shape index (κ2) is 7.87. The largest absolute Gasteiger partial charge is 0.478 e. The first-order chi connectivity index (χ1) is 12.7. The summed E-state index contributed by atoms with van der Waals surface area (Å²) < 4.78 is 0. The lowest BCUT2D eigenvalue weighted by molar-refractivity contribution is -0.129. The molecule has 3 aromatic carbocycles. The molecule has 4 heteroatoms. The Hall–Kier alpha value is -3.08. The zero-order valence-corrected chi connectivity index (χ0v) is 15.0. The van der Waals surface area contributed by atoms with Crippen molar-refractivity contribution < 1.29 is 9.90 Å². The van der Waals surface area contributed by atoms with Crippen molar-refractivity contribution >= 4 is 34.1 Å². The van der Waals surface area contributed by atoms with Crippen LogP contribution in [0.5, 0.6) is 0 Å². The van der Waals surface area contributed by atoms with Crippen LogP contribution in [0, 0.1) is 11.3 Å². The summed E-state index contributed by atoms with van der Waals surface area (Å²) in [6.07, 6.45) is -0.123. The van der Waals surface area contributed by atoms with Crippen molar-refractivity contribution in [3.8, 4) is 6.07 Å². The molecule has 0 aromatic heterocycles. The maximum atomic E-state index is 12.3. The minimum atomic E-state index is -2.64. The fourth-order valence-corrected chi connectivity index (χ4v) is 7.56. The minimum Gasteiger partial charge on any atom is -0.478 e. The molecule has 0 spiro atoms. The lowest BCUT2D eigenvalue weighted by Gasteiger charge is -2.30. The van der Waals surface area contributed by atoms with Gasteiger partial charge in [-0.25, -0.2) is 4.79 Å². The summed E-state index contributed by atoms with van der Waals surface area (Å²) in [4.78, 5) is 12.3. The SMILES string of the molecule is N#CCC(C(=O)O)=P(c1ccccc1)(c1ccccc1)c1ccccc1. The van der Waals surface area contributed by atoms with Gasteiger partial charge in [-0.3, -0.25) is 0 Å². The highest BCUT2D eigenvalue weighted by Gasteiger charge is 2.32. The quantitative estimate of drug-likeness (QED) is 0.712. The molecule has 0 saturated heterocycles. The fraction of sp³-hybridized carbons (Fsp3) is 0.0455. The van der Waals surface area contributed by atoms with Crippen molar-refractivity contribution in [2.45, 2.75) is 6.42 Å². The molecule has 0 amide bonds. The van der Waals surface area contributed by atoms with E-state index in [1.807, 2.05) is 91.0 Å². The van der Waals surface area contributed by atoms with Gasteiger partial charge in [0.05, 0.1) is 17.8 Å². The third-order valence-electron chi connectivity index (χ3n) is 4.33. The third kappa shape index (κ3) is 3.08. The molecule has 0 heterocycles. The van der Waals surface area contributed by atoms with Crippen LogP contribution in [0.15, 0.2) is 91.0 Å². The predicted octanol–water partition coefficient (Wildman–Crippen LogP) is 3.15. The van der Waals surface area contributed by atoms with Gasteiger partial charge in [0, 0.05) is 0 Å². The number of aliphatic carboxylic acids is 1. The van der Waals surface area contributed by atoms with Gasteiger partial charge in [0.15, 0.2) is 0 Å². The molecule has 0 saturated carbocycles. The summed E-state index contributed by atoms with van der Waals surface area (Å²) >= 11 is 0. The Bertz CT molecular complexity index is 887. The van der Waals surface area contributed by atoms with E-state index in [1.54, 1.807) is 0 Å². The van der Waals surface area contributed by atoms with Crippen LogP contribution in [0.3, 0.4) is 0 Å². The molecule has 1 N–H and O–H groups in total. The molecule has 0 aliphatic heterocycles. The van der Waals surface area contributed by atoms with Gasteiger partial charge in [-0.1, -0.05) is 91.0 Å². The zero-order valence-electron chi connectivity index (χ0n) is 14.1. The van der Waals surface area contributed by atoms with E-state index < -0.39 is 12.9 Å². The summed E-state index contributed by atoms with van der Waals surface area (Å²) in [5.74, 6) is -1.02. The Morgan fingerprint density at radius 2 is 1.12 bits per heavy atom. The average Bonchev–Trinajstić information content (AvgIpc) is 2.70. The molecule has 128 valence electrons. The maximum Gasteiger partial charge on any atom is 0.333 e. The second-order valence-electron chi connectivity index (χ2n) is 5.76. The van der Waals surface area contributed by atoms with Crippen LogP contribution >= 0.6 is 6.89 Å². The van der Waals surface area contributed by atoms with Gasteiger partial charge in [0.25, 0.3) is 0 Å². The molecule has 3 nitrogen and oxygen atoms in total. The molecular formula is C22H18NO2P. The Balaban J connectivity index is 2.59. The van der Waals surface area contributed by atoms with E-state index >= 15 is 0 Å². The summed E-state index contributed by atoms with van der Waals surface area (Å²) in [6.45, 7) is -2.64. The van der Waals surface area contributed by atoms with Gasteiger partial charge in [-0.2, -0.15) is 5.26 Å². The molecule has 26 heavy (non-hydrogen) atoms. The number of carbonyl (C=O) groups is 1. The monoisotopic (exact) mass is 359 g/mol. The smallest absolute Gasteiger partial charge is 0.333 e. The first kappa shape index (κ1) is 17.7. The zero-order chi connectivity index (χ0) is 18.4. The van der Waals surface area contributed by atoms with Crippen molar-refractivity contribution in [1.29, 1.82) is 5.26 Å². The van der Waals surface area contributed by atoms with Crippen molar-refractivity contribution in [3.63, 3.8) is 0 Å². The molecule has 0 aliphatic carbocycles. The first-order valence-electron chi connectivity index (χ1n) is 8.23. The molecule has 3 aromatic rings. The van der Waals surface area contributed by atoms with E-state index in [4.69, 9.17) is 0 Å². The highest BCUT2D eigenvalue weighted by Crippen LogP contribution is 2.46. The van der Waals surface area contributed by atoms with E-state index in [9.17, 15) is 15.2 Å². The van der Waals surface area contributed by atoms with E-state index in [1.165, 1.54) is 0 Å². The minimum absolute atomic E-state index is 0.123. The normalized spacial score (nSPS) is 10.7. The van der Waals surface area contributed by atoms with Crippen LogP contribution in [-0.4, -0.2) is 16.4 Å². The van der Waals surface area contributed by atoms with Crippen LogP contribution in [0.25, 0.3) is 0 Å². The van der Waals surface area contributed by atoms with Gasteiger partial charge in [-0.15, -0.1) is 0 Å². The van der Waals surface area contributed by atoms with Crippen LogP contribution in [0.1, 0.15) is 6.42 Å². The summed E-state index contributed by atoms with van der Waals surface area (Å²) in [7, 11) is 0. The number of carboxylic acids is 1. The van der Waals surface area contributed by atoms with Gasteiger partial charge in [0.2, 0.25) is 0 Å². The Kier molecular flexibility index (Phi) is 5.37. The lowest BCUT2D eigenvalue weighted by Crippen LogP contribution is -2.33. The highest BCUT2D eigenvalue weighted by atomic mass is 31.2. The Labute approximate surface area is 153 Å². The van der Waals surface area contributed by atoms with Crippen LogP contribution in [-0.2, 0) is 4.79 Å². The van der Waals surface area contributed by atoms with Crippen LogP contribution < -0.4 is 15.9 Å². The maximum absolute atomic E-state index is 12.3. The second-order valence-corrected chi connectivity index (χ2v) is 9.19. The van der Waals surface area contributed by atoms with Crippen LogP contribution in [0.2, 0.25) is 0 Å². The van der Waals surface area contributed by atoms with E-state index in [0.29, 0.717) is 0 Å². The van der Waals surface area contributed by atoms with Gasteiger partial charge < -0.3 is 5.11 Å². The van der Waals surface area contributed by atoms with E-state index in [-0.39, 0.29) is 11.7 Å². The van der Waals surface area contributed by atoms with Crippen molar-refractivity contribution in [2.75, 3.05) is 0 Å². The number of carboxylic acid groups (broad SMARTS) is 1. The van der Waals surface area contributed by atoms with Gasteiger partial charge in [-0.05, 0) is 22.8 Å². The summed E-state index contributed by atoms with van der Waals surface area (Å²) in [6, 6.07) is 31.1.